The Morgan fingerprint density at radius 1 is 1.30 bits per heavy atom. The van der Waals surface area contributed by atoms with Gasteiger partial charge < -0.3 is 5.11 Å². The van der Waals surface area contributed by atoms with E-state index in [1.54, 1.807) is 4.90 Å². The highest BCUT2D eigenvalue weighted by Crippen LogP contribution is 2.15. The zero-order chi connectivity index (χ0) is 7.56. The molecule has 0 aromatic carbocycles. The molecule has 0 aliphatic carbocycles. The summed E-state index contributed by atoms with van der Waals surface area (Å²) in [7, 11) is 0. The maximum Gasteiger partial charge on any atom is 0.145 e. The highest BCUT2D eigenvalue weighted by Gasteiger charge is 2.31. The topological polar surface area (TPSA) is 23.5 Å². The Balaban J connectivity index is 2.27. The highest BCUT2D eigenvalue weighted by molar-refractivity contribution is 4.83. The normalized spacial score (nSPS) is 35.1. The smallest absolute Gasteiger partial charge is 0.145 e. The second kappa shape index (κ2) is 3.25. The summed E-state index contributed by atoms with van der Waals surface area (Å²) in [5.41, 5.74) is 0. The summed E-state index contributed by atoms with van der Waals surface area (Å²) < 4.78 is 24.8. The van der Waals surface area contributed by atoms with Gasteiger partial charge in [0.2, 0.25) is 0 Å². The van der Waals surface area contributed by atoms with E-state index < -0.39 is 12.3 Å². The van der Waals surface area contributed by atoms with E-state index in [2.05, 4.69) is 0 Å². The molecule has 1 rings (SSSR count). The van der Waals surface area contributed by atoms with Crippen molar-refractivity contribution in [3.05, 3.63) is 0 Å². The largest absolute Gasteiger partial charge is 0.395 e. The summed E-state index contributed by atoms with van der Waals surface area (Å²) >= 11 is 0. The first-order valence-electron chi connectivity index (χ1n) is 3.35. The first-order valence-corrected chi connectivity index (χ1v) is 3.35. The van der Waals surface area contributed by atoms with Crippen molar-refractivity contribution in [2.75, 3.05) is 26.2 Å². The van der Waals surface area contributed by atoms with Crippen LogP contribution < -0.4 is 0 Å². The van der Waals surface area contributed by atoms with Gasteiger partial charge >= 0.3 is 0 Å². The van der Waals surface area contributed by atoms with Gasteiger partial charge in [0.15, 0.2) is 0 Å². The number of hydrogen-bond donors (Lipinski definition) is 1. The molecule has 0 aromatic heterocycles. The summed E-state index contributed by atoms with van der Waals surface area (Å²) in [5.74, 6) is 0. The maximum atomic E-state index is 12.4. The Labute approximate surface area is 58.4 Å². The molecule has 60 valence electrons. The van der Waals surface area contributed by atoms with Crippen LogP contribution in [0.3, 0.4) is 0 Å². The van der Waals surface area contributed by atoms with Crippen LogP contribution in [-0.4, -0.2) is 48.6 Å². The minimum absolute atomic E-state index is 0.0283. The van der Waals surface area contributed by atoms with Gasteiger partial charge in [0.25, 0.3) is 0 Å². The molecule has 0 amide bonds. The Morgan fingerprint density at radius 3 is 2.20 bits per heavy atom. The molecule has 0 radical (unpaired) electrons. The minimum atomic E-state index is -1.36. The van der Waals surface area contributed by atoms with Gasteiger partial charge in [-0.25, -0.2) is 8.78 Å². The molecular weight excluding hydrogens is 140 g/mol. The van der Waals surface area contributed by atoms with Crippen LogP contribution in [-0.2, 0) is 0 Å². The molecule has 2 nitrogen and oxygen atoms in total. The van der Waals surface area contributed by atoms with Gasteiger partial charge in [-0.1, -0.05) is 0 Å². The van der Waals surface area contributed by atoms with Gasteiger partial charge in [-0.2, -0.15) is 0 Å². The average Bonchev–Trinajstić information content (AvgIpc) is 2.14. The van der Waals surface area contributed by atoms with Crippen molar-refractivity contribution in [3.63, 3.8) is 0 Å². The van der Waals surface area contributed by atoms with E-state index in [4.69, 9.17) is 5.11 Å². The molecule has 1 N–H and O–H groups in total. The van der Waals surface area contributed by atoms with Crippen LogP contribution in [0.2, 0.25) is 0 Å². The third-order valence-electron chi connectivity index (χ3n) is 1.67. The minimum Gasteiger partial charge on any atom is -0.395 e. The van der Waals surface area contributed by atoms with Gasteiger partial charge in [0.05, 0.1) is 6.61 Å². The number of alkyl halides is 2. The van der Waals surface area contributed by atoms with E-state index in [0.717, 1.165) is 0 Å². The van der Waals surface area contributed by atoms with Gasteiger partial charge in [-0.05, 0) is 0 Å². The number of halogens is 2. The fourth-order valence-corrected chi connectivity index (χ4v) is 1.12. The summed E-state index contributed by atoms with van der Waals surface area (Å²) in [5, 5.41) is 8.41. The standard InChI is InChI=1S/C6H11F2NO/c7-5-3-9(1-2-10)4-6(5)8/h5-6,10H,1-4H2. The lowest BCUT2D eigenvalue weighted by Crippen LogP contribution is -2.24. The SMILES string of the molecule is OCCN1CC(F)C(F)C1. The van der Waals surface area contributed by atoms with Crippen molar-refractivity contribution < 1.29 is 13.9 Å². The zero-order valence-electron chi connectivity index (χ0n) is 5.63. The molecular formula is C6H11F2NO. The molecule has 2 unspecified atom stereocenters. The van der Waals surface area contributed by atoms with Crippen LogP contribution in [0.25, 0.3) is 0 Å². The second-order valence-electron chi connectivity index (χ2n) is 2.52. The molecule has 0 aromatic rings. The van der Waals surface area contributed by atoms with Gasteiger partial charge in [-0.15, -0.1) is 0 Å². The lowest BCUT2D eigenvalue weighted by molar-refractivity contribution is 0.211. The van der Waals surface area contributed by atoms with Crippen LogP contribution in [0.4, 0.5) is 8.78 Å². The van der Waals surface area contributed by atoms with E-state index in [1.807, 2.05) is 0 Å². The molecule has 1 aliphatic heterocycles. The highest BCUT2D eigenvalue weighted by atomic mass is 19.2. The number of rotatable bonds is 2. The fraction of sp³-hybridized carbons (Fsp3) is 1.00. The van der Waals surface area contributed by atoms with Crippen LogP contribution >= 0.6 is 0 Å². The predicted octanol–water partition coefficient (Wildman–Crippen LogP) is -0.0295. The summed E-state index contributed by atoms with van der Waals surface area (Å²) in [6.07, 6.45) is -2.71. The second-order valence-corrected chi connectivity index (χ2v) is 2.52. The monoisotopic (exact) mass is 151 g/mol. The van der Waals surface area contributed by atoms with Gasteiger partial charge in [-0.3, -0.25) is 4.90 Å². The van der Waals surface area contributed by atoms with Crippen molar-refractivity contribution in [3.8, 4) is 0 Å². The summed E-state index contributed by atoms with van der Waals surface area (Å²) in [6, 6.07) is 0. The lowest BCUT2D eigenvalue weighted by Gasteiger charge is -2.10. The fourth-order valence-electron chi connectivity index (χ4n) is 1.12. The molecule has 1 aliphatic rings. The van der Waals surface area contributed by atoms with Crippen LogP contribution in [0.5, 0.6) is 0 Å². The van der Waals surface area contributed by atoms with E-state index in [9.17, 15) is 8.78 Å². The third kappa shape index (κ3) is 1.64. The first kappa shape index (κ1) is 7.88. The Bertz CT molecular complexity index is 102. The van der Waals surface area contributed by atoms with Crippen LogP contribution in [0.15, 0.2) is 0 Å². The molecule has 4 heteroatoms. The first-order chi connectivity index (χ1) is 4.74. The number of β-amino-alcohol motifs (C(OH)–C–C–N with tert-alkyl or cyclic N) is 1. The molecule has 0 bridgehead atoms. The number of hydrogen-bond acceptors (Lipinski definition) is 2. The van der Waals surface area contributed by atoms with Crippen LogP contribution in [0.1, 0.15) is 0 Å². The van der Waals surface area contributed by atoms with Crippen molar-refractivity contribution in [1.82, 2.24) is 4.90 Å². The summed E-state index contributed by atoms with van der Waals surface area (Å²) in [6.45, 7) is 0.601. The van der Waals surface area contributed by atoms with Gasteiger partial charge in [0, 0.05) is 19.6 Å². The molecule has 2 atom stereocenters. The van der Waals surface area contributed by atoms with E-state index in [-0.39, 0.29) is 19.7 Å². The van der Waals surface area contributed by atoms with Crippen molar-refractivity contribution in [2.24, 2.45) is 0 Å². The molecule has 1 saturated heterocycles. The molecule has 0 saturated carbocycles. The summed E-state index contributed by atoms with van der Waals surface area (Å²) in [4.78, 5) is 1.58. The maximum absolute atomic E-state index is 12.4. The lowest BCUT2D eigenvalue weighted by atomic mass is 10.3. The van der Waals surface area contributed by atoms with E-state index in [0.29, 0.717) is 6.54 Å². The Kier molecular flexibility index (Phi) is 2.56. The zero-order valence-corrected chi connectivity index (χ0v) is 5.63. The van der Waals surface area contributed by atoms with E-state index in [1.165, 1.54) is 0 Å². The predicted molar refractivity (Wildman–Crippen MR) is 33.3 cm³/mol. The number of likely N-dealkylation sites (tertiary alicyclic amines) is 1. The van der Waals surface area contributed by atoms with Gasteiger partial charge in [0.1, 0.15) is 12.3 Å². The molecule has 1 fully saturated rings. The number of nitrogens with zero attached hydrogens (tertiary/aromatic N) is 1. The van der Waals surface area contributed by atoms with Crippen LogP contribution in [0, 0.1) is 0 Å². The average molecular weight is 151 g/mol. The number of aliphatic hydroxyl groups is 1. The van der Waals surface area contributed by atoms with Crippen molar-refractivity contribution in [2.45, 2.75) is 12.3 Å². The molecule has 1 heterocycles. The third-order valence-corrected chi connectivity index (χ3v) is 1.67. The number of aliphatic hydroxyl groups excluding tert-OH is 1. The molecule has 10 heavy (non-hydrogen) atoms. The Hall–Kier alpha value is -0.220. The van der Waals surface area contributed by atoms with Crippen molar-refractivity contribution in [1.29, 1.82) is 0 Å². The molecule has 0 spiro atoms. The van der Waals surface area contributed by atoms with E-state index >= 15 is 0 Å². The van der Waals surface area contributed by atoms with Crippen molar-refractivity contribution >= 4 is 0 Å². The Morgan fingerprint density at radius 2 is 1.80 bits per heavy atom. The quantitative estimate of drug-likeness (QED) is 0.599.